The summed E-state index contributed by atoms with van der Waals surface area (Å²) in [6.45, 7) is 0. The van der Waals surface area contributed by atoms with E-state index in [0.717, 1.165) is 6.07 Å². The van der Waals surface area contributed by atoms with Crippen LogP contribution in [0.1, 0.15) is 6.42 Å². The number of amidine groups is 1. The van der Waals surface area contributed by atoms with Gasteiger partial charge in [-0.3, -0.25) is 4.79 Å². The number of carbonyl (C=O) groups is 1. The number of anilines is 1. The standard InChI is InChI=1S/C9H8ClF2N3O2/c10-5-1-4(11)2-6(12)9(5)14-8(16)3-7(13)15-17/h1-2,17H,3H2,(H2,13,15)(H,14,16). The molecule has 8 heteroatoms. The topological polar surface area (TPSA) is 87.7 Å². The van der Waals surface area contributed by atoms with Crippen LogP contribution in [-0.4, -0.2) is 17.0 Å². The second kappa shape index (κ2) is 5.44. The third-order valence-corrected chi connectivity index (χ3v) is 2.04. The van der Waals surface area contributed by atoms with Crippen LogP contribution in [-0.2, 0) is 4.79 Å². The lowest BCUT2D eigenvalue weighted by molar-refractivity contribution is -0.115. The van der Waals surface area contributed by atoms with Gasteiger partial charge in [-0.05, 0) is 6.07 Å². The van der Waals surface area contributed by atoms with E-state index in [1.807, 2.05) is 0 Å². The van der Waals surface area contributed by atoms with Gasteiger partial charge in [0.1, 0.15) is 11.7 Å². The zero-order valence-electron chi connectivity index (χ0n) is 8.38. The molecule has 0 atom stereocenters. The Morgan fingerprint density at radius 2 is 2.18 bits per heavy atom. The van der Waals surface area contributed by atoms with E-state index in [1.165, 1.54) is 0 Å². The normalized spacial score (nSPS) is 11.4. The third-order valence-electron chi connectivity index (χ3n) is 1.74. The number of nitrogens with two attached hydrogens (primary N) is 1. The SMILES string of the molecule is NC(CC(=O)Nc1c(F)cc(F)cc1Cl)=NO. The number of oxime groups is 1. The van der Waals surface area contributed by atoms with Gasteiger partial charge in [0.05, 0.1) is 17.1 Å². The maximum atomic E-state index is 13.2. The van der Waals surface area contributed by atoms with Crippen molar-refractivity contribution >= 4 is 29.0 Å². The summed E-state index contributed by atoms with van der Waals surface area (Å²) < 4.78 is 25.9. The molecule has 0 aliphatic rings. The minimum Gasteiger partial charge on any atom is -0.409 e. The number of benzene rings is 1. The Labute approximate surface area is 99.9 Å². The lowest BCUT2D eigenvalue weighted by Gasteiger charge is -2.08. The van der Waals surface area contributed by atoms with E-state index in [4.69, 9.17) is 22.5 Å². The molecule has 0 fully saturated rings. The smallest absolute Gasteiger partial charge is 0.232 e. The maximum Gasteiger partial charge on any atom is 0.232 e. The van der Waals surface area contributed by atoms with Crippen molar-refractivity contribution in [3.8, 4) is 0 Å². The van der Waals surface area contributed by atoms with E-state index < -0.39 is 24.0 Å². The van der Waals surface area contributed by atoms with Crippen molar-refractivity contribution in [1.82, 2.24) is 0 Å². The van der Waals surface area contributed by atoms with Crippen molar-refractivity contribution in [2.24, 2.45) is 10.9 Å². The lowest BCUT2D eigenvalue weighted by atomic mass is 10.2. The fourth-order valence-electron chi connectivity index (χ4n) is 1.05. The maximum absolute atomic E-state index is 13.2. The lowest BCUT2D eigenvalue weighted by Crippen LogP contribution is -2.22. The summed E-state index contributed by atoms with van der Waals surface area (Å²) in [5, 5.41) is 12.6. The van der Waals surface area contributed by atoms with Gasteiger partial charge < -0.3 is 16.3 Å². The monoisotopic (exact) mass is 263 g/mol. The van der Waals surface area contributed by atoms with Crippen LogP contribution in [0.4, 0.5) is 14.5 Å². The molecule has 1 amide bonds. The number of hydrogen-bond donors (Lipinski definition) is 3. The molecule has 1 rings (SSSR count). The molecule has 0 bridgehead atoms. The Hall–Kier alpha value is -1.89. The zero-order chi connectivity index (χ0) is 13.0. The number of rotatable bonds is 3. The molecule has 1 aromatic carbocycles. The molecule has 0 unspecified atom stereocenters. The third kappa shape index (κ3) is 3.56. The molecule has 0 saturated carbocycles. The summed E-state index contributed by atoms with van der Waals surface area (Å²) in [5.41, 5.74) is 4.72. The Bertz CT molecular complexity index is 456. The Kier molecular flexibility index (Phi) is 4.22. The molecule has 1 aromatic rings. The quantitative estimate of drug-likeness (QED) is 0.336. The number of nitrogens with one attached hydrogen (secondary N) is 1. The van der Waals surface area contributed by atoms with E-state index in [-0.39, 0.29) is 16.5 Å². The van der Waals surface area contributed by atoms with Crippen LogP contribution >= 0.6 is 11.6 Å². The van der Waals surface area contributed by atoms with Crippen LogP contribution < -0.4 is 11.1 Å². The van der Waals surface area contributed by atoms with Gasteiger partial charge in [-0.25, -0.2) is 8.78 Å². The van der Waals surface area contributed by atoms with Crippen molar-refractivity contribution < 1.29 is 18.8 Å². The Morgan fingerprint density at radius 3 is 2.71 bits per heavy atom. The van der Waals surface area contributed by atoms with Gasteiger partial charge in [0.15, 0.2) is 5.82 Å². The number of hydrogen-bond acceptors (Lipinski definition) is 3. The molecule has 4 N–H and O–H groups in total. The molecule has 17 heavy (non-hydrogen) atoms. The summed E-state index contributed by atoms with van der Waals surface area (Å²) >= 11 is 5.54. The van der Waals surface area contributed by atoms with Crippen molar-refractivity contribution in [3.05, 3.63) is 28.8 Å². The van der Waals surface area contributed by atoms with E-state index in [0.29, 0.717) is 6.07 Å². The summed E-state index contributed by atoms with van der Waals surface area (Å²) in [5.74, 6) is -2.96. The molecule has 92 valence electrons. The van der Waals surface area contributed by atoms with Crippen LogP contribution in [0.15, 0.2) is 17.3 Å². The molecular formula is C9H8ClF2N3O2. The highest BCUT2D eigenvalue weighted by molar-refractivity contribution is 6.33. The number of halogens is 3. The fraction of sp³-hybridized carbons (Fsp3) is 0.111. The fourth-order valence-corrected chi connectivity index (χ4v) is 1.29. The van der Waals surface area contributed by atoms with Crippen LogP contribution in [0.25, 0.3) is 0 Å². The first kappa shape index (κ1) is 13.2. The summed E-state index contributed by atoms with van der Waals surface area (Å²) in [4.78, 5) is 11.3. The molecule has 0 aromatic heterocycles. The van der Waals surface area contributed by atoms with E-state index in [2.05, 4.69) is 10.5 Å². The van der Waals surface area contributed by atoms with Crippen LogP contribution in [0.2, 0.25) is 5.02 Å². The number of carbonyl (C=O) groups excluding carboxylic acids is 1. The van der Waals surface area contributed by atoms with Gasteiger partial charge >= 0.3 is 0 Å². The number of amides is 1. The Morgan fingerprint density at radius 1 is 1.53 bits per heavy atom. The highest BCUT2D eigenvalue weighted by Gasteiger charge is 2.13. The first-order chi connectivity index (χ1) is 7.93. The molecule has 0 spiro atoms. The van der Waals surface area contributed by atoms with Crippen molar-refractivity contribution in [2.45, 2.75) is 6.42 Å². The number of nitrogens with zero attached hydrogens (tertiary/aromatic N) is 1. The first-order valence-electron chi connectivity index (χ1n) is 4.35. The minimum absolute atomic E-state index is 0.282. The van der Waals surface area contributed by atoms with Crippen molar-refractivity contribution in [1.29, 1.82) is 0 Å². The largest absolute Gasteiger partial charge is 0.409 e. The summed E-state index contributed by atoms with van der Waals surface area (Å²) in [6.07, 6.45) is -0.441. The van der Waals surface area contributed by atoms with E-state index >= 15 is 0 Å². The van der Waals surface area contributed by atoms with Crippen molar-refractivity contribution in [3.63, 3.8) is 0 Å². The summed E-state index contributed by atoms with van der Waals surface area (Å²) in [6, 6.07) is 1.43. The molecular weight excluding hydrogens is 256 g/mol. The van der Waals surface area contributed by atoms with Gasteiger partial charge in [-0.2, -0.15) is 0 Å². The van der Waals surface area contributed by atoms with Gasteiger partial charge in [0.2, 0.25) is 5.91 Å². The molecule has 5 nitrogen and oxygen atoms in total. The van der Waals surface area contributed by atoms with Crippen LogP contribution in [0.3, 0.4) is 0 Å². The second-order valence-corrected chi connectivity index (χ2v) is 3.47. The highest BCUT2D eigenvalue weighted by Crippen LogP contribution is 2.26. The predicted molar refractivity (Wildman–Crippen MR) is 58.0 cm³/mol. The average molecular weight is 264 g/mol. The molecule has 0 saturated heterocycles. The van der Waals surface area contributed by atoms with Crippen LogP contribution in [0.5, 0.6) is 0 Å². The van der Waals surface area contributed by atoms with Gasteiger partial charge in [0.25, 0.3) is 0 Å². The van der Waals surface area contributed by atoms with E-state index in [9.17, 15) is 13.6 Å². The highest BCUT2D eigenvalue weighted by atomic mass is 35.5. The molecule has 0 radical (unpaired) electrons. The molecule has 0 heterocycles. The summed E-state index contributed by atoms with van der Waals surface area (Å²) in [7, 11) is 0. The second-order valence-electron chi connectivity index (χ2n) is 3.06. The average Bonchev–Trinajstić information content (AvgIpc) is 2.23. The predicted octanol–water partition coefficient (Wildman–Crippen LogP) is 1.69. The van der Waals surface area contributed by atoms with Crippen LogP contribution in [0, 0.1) is 11.6 Å². The molecule has 0 aliphatic heterocycles. The van der Waals surface area contributed by atoms with Gasteiger partial charge in [-0.15, -0.1) is 0 Å². The van der Waals surface area contributed by atoms with Crippen molar-refractivity contribution in [2.75, 3.05) is 5.32 Å². The zero-order valence-corrected chi connectivity index (χ0v) is 9.13. The first-order valence-corrected chi connectivity index (χ1v) is 4.72. The minimum atomic E-state index is -1.01. The molecule has 0 aliphatic carbocycles. The van der Waals surface area contributed by atoms with E-state index in [1.54, 1.807) is 0 Å². The van der Waals surface area contributed by atoms with Gasteiger partial charge in [-0.1, -0.05) is 16.8 Å². The van der Waals surface area contributed by atoms with Gasteiger partial charge in [0, 0.05) is 6.07 Å². The Balaban J connectivity index is 2.85.